The molecular formula is C3H10O13P4. The molecule has 17 heteroatoms. The zero-order valence-electron chi connectivity index (χ0n) is 9.28. The van der Waals surface area contributed by atoms with Crippen LogP contribution in [0.5, 0.6) is 0 Å². The first-order valence-electron chi connectivity index (χ1n) is 4.11. The summed E-state index contributed by atoms with van der Waals surface area (Å²) in [6.07, 6.45) is 0.975. The van der Waals surface area contributed by atoms with Gasteiger partial charge < -0.3 is 24.5 Å². The predicted octanol–water partition coefficient (Wildman–Crippen LogP) is 0.633. The molecule has 0 aliphatic heterocycles. The van der Waals surface area contributed by atoms with Gasteiger partial charge in [0, 0.05) is 0 Å². The van der Waals surface area contributed by atoms with Crippen LogP contribution in [0.15, 0.2) is 12.7 Å². The normalized spacial score (nSPS) is 21.4. The molecule has 0 bridgehead atoms. The van der Waals surface area contributed by atoms with Gasteiger partial charge >= 0.3 is 31.3 Å². The molecule has 0 aliphatic rings. The Kier molecular flexibility index (Phi) is 7.15. The Balaban J connectivity index is 4.87. The Labute approximate surface area is 111 Å². The van der Waals surface area contributed by atoms with Crippen molar-refractivity contribution in [2.45, 2.75) is 0 Å². The first-order valence-corrected chi connectivity index (χ1v) is 10.1. The molecule has 0 fully saturated rings. The molecule has 0 radical (unpaired) electrons. The molecule has 0 aliphatic carbocycles. The Bertz CT molecular complexity index is 530. The van der Waals surface area contributed by atoms with Gasteiger partial charge in [-0.05, 0) is 0 Å². The van der Waals surface area contributed by atoms with Crippen LogP contribution in [0.25, 0.3) is 0 Å². The highest BCUT2D eigenvalue weighted by molar-refractivity contribution is 7.69. The topological polar surface area (TPSA) is 206 Å². The molecule has 0 saturated heterocycles. The third kappa shape index (κ3) is 10.1. The van der Waals surface area contributed by atoms with Crippen molar-refractivity contribution in [1.29, 1.82) is 0 Å². The van der Waals surface area contributed by atoms with Crippen LogP contribution in [0.3, 0.4) is 0 Å². The van der Waals surface area contributed by atoms with Crippen LogP contribution in [0.1, 0.15) is 0 Å². The lowest BCUT2D eigenvalue weighted by molar-refractivity contribution is 0.178. The SMILES string of the molecule is C=CCOP(=O)(O)OP(=O)(O)OP(=O)(O)OP(=O)(O)O. The Morgan fingerprint density at radius 2 is 1.20 bits per heavy atom. The van der Waals surface area contributed by atoms with E-state index in [4.69, 9.17) is 24.5 Å². The fraction of sp³-hybridized carbons (Fsp3) is 0.333. The second kappa shape index (κ2) is 7.04. The lowest BCUT2D eigenvalue weighted by Crippen LogP contribution is -1.98. The molecule has 0 spiro atoms. The molecule has 0 aromatic carbocycles. The van der Waals surface area contributed by atoms with Gasteiger partial charge in [-0.1, -0.05) is 6.08 Å². The summed E-state index contributed by atoms with van der Waals surface area (Å²) in [7, 11) is -22.2. The minimum absolute atomic E-state index is 0.580. The lowest BCUT2D eigenvalue weighted by Gasteiger charge is -2.17. The average Bonchev–Trinajstić information content (AvgIpc) is 2.05. The molecule has 0 amide bonds. The average molecular weight is 378 g/mol. The Hall–Kier alpha value is 0.300. The van der Waals surface area contributed by atoms with E-state index in [0.29, 0.717) is 0 Å². The summed E-state index contributed by atoms with van der Waals surface area (Å²) in [4.78, 5) is 43.0. The third-order valence-corrected chi connectivity index (χ3v) is 6.43. The maximum atomic E-state index is 11.1. The van der Waals surface area contributed by atoms with Crippen molar-refractivity contribution in [1.82, 2.24) is 0 Å². The fourth-order valence-electron chi connectivity index (χ4n) is 0.595. The number of phosphoric ester groups is 1. The Morgan fingerprint density at radius 3 is 1.60 bits per heavy atom. The number of hydrogen-bond acceptors (Lipinski definition) is 8. The minimum atomic E-state index is -5.76. The van der Waals surface area contributed by atoms with E-state index in [1.54, 1.807) is 0 Å². The van der Waals surface area contributed by atoms with Gasteiger partial charge in [0.2, 0.25) is 0 Å². The van der Waals surface area contributed by atoms with Gasteiger partial charge in [-0.2, -0.15) is 12.9 Å². The van der Waals surface area contributed by atoms with Crippen LogP contribution in [0.2, 0.25) is 0 Å². The van der Waals surface area contributed by atoms with Gasteiger partial charge in [-0.25, -0.2) is 18.3 Å². The third-order valence-electron chi connectivity index (χ3n) is 0.978. The first-order chi connectivity index (χ1) is 8.68. The summed E-state index contributed by atoms with van der Waals surface area (Å²) in [5.74, 6) is 0. The quantitative estimate of drug-likeness (QED) is 0.276. The number of hydrogen-bond donors (Lipinski definition) is 5. The second-order valence-corrected chi connectivity index (χ2v) is 8.74. The van der Waals surface area contributed by atoms with Gasteiger partial charge in [0.05, 0.1) is 6.61 Å². The van der Waals surface area contributed by atoms with Crippen molar-refractivity contribution >= 4 is 31.3 Å². The molecule has 0 aromatic rings. The summed E-state index contributed by atoms with van der Waals surface area (Å²) >= 11 is 0. The summed E-state index contributed by atoms with van der Waals surface area (Å²) < 4.78 is 57.4. The van der Waals surface area contributed by atoms with Crippen LogP contribution < -0.4 is 0 Å². The molecule has 120 valence electrons. The van der Waals surface area contributed by atoms with E-state index in [1.807, 2.05) is 0 Å². The minimum Gasteiger partial charge on any atom is -0.302 e. The van der Waals surface area contributed by atoms with E-state index in [1.165, 1.54) is 0 Å². The maximum Gasteiger partial charge on any atom is 0.490 e. The van der Waals surface area contributed by atoms with E-state index in [2.05, 4.69) is 24.0 Å². The number of rotatable bonds is 9. The van der Waals surface area contributed by atoms with Gasteiger partial charge in [0.1, 0.15) is 0 Å². The zero-order chi connectivity index (χ0) is 16.2. The monoisotopic (exact) mass is 378 g/mol. The molecular weight excluding hydrogens is 368 g/mol. The largest absolute Gasteiger partial charge is 0.490 e. The van der Waals surface area contributed by atoms with Gasteiger partial charge in [0.15, 0.2) is 0 Å². The van der Waals surface area contributed by atoms with Crippen LogP contribution >= 0.6 is 31.3 Å². The van der Waals surface area contributed by atoms with E-state index in [9.17, 15) is 18.3 Å². The molecule has 3 unspecified atom stereocenters. The van der Waals surface area contributed by atoms with Crippen LogP contribution in [-0.4, -0.2) is 31.1 Å². The van der Waals surface area contributed by atoms with E-state index in [0.717, 1.165) is 6.08 Å². The van der Waals surface area contributed by atoms with E-state index in [-0.39, 0.29) is 0 Å². The lowest BCUT2D eigenvalue weighted by atomic mass is 10.7. The predicted molar refractivity (Wildman–Crippen MR) is 60.9 cm³/mol. The van der Waals surface area contributed by atoms with Crippen molar-refractivity contribution < 1.29 is 60.2 Å². The second-order valence-electron chi connectivity index (χ2n) is 2.73. The highest BCUT2D eigenvalue weighted by atomic mass is 31.3. The fourth-order valence-corrected chi connectivity index (χ4v) is 5.01. The van der Waals surface area contributed by atoms with Crippen molar-refractivity contribution in [3.05, 3.63) is 12.7 Å². The highest BCUT2D eigenvalue weighted by Crippen LogP contribution is 2.70. The molecule has 0 heterocycles. The van der Waals surface area contributed by atoms with Crippen LogP contribution in [0.4, 0.5) is 0 Å². The molecule has 0 saturated carbocycles. The van der Waals surface area contributed by atoms with Crippen molar-refractivity contribution in [2.24, 2.45) is 0 Å². The Morgan fingerprint density at radius 1 is 0.800 bits per heavy atom. The smallest absolute Gasteiger partial charge is 0.302 e. The molecule has 20 heavy (non-hydrogen) atoms. The number of phosphoric acid groups is 4. The summed E-state index contributed by atoms with van der Waals surface area (Å²) in [6, 6.07) is 0. The van der Waals surface area contributed by atoms with Crippen molar-refractivity contribution in [3.63, 3.8) is 0 Å². The highest BCUT2D eigenvalue weighted by Gasteiger charge is 2.44. The molecule has 3 atom stereocenters. The summed E-state index contributed by atoms with van der Waals surface area (Å²) in [5.41, 5.74) is 0. The van der Waals surface area contributed by atoms with E-state index >= 15 is 0 Å². The van der Waals surface area contributed by atoms with Gasteiger partial charge in [-0.15, -0.1) is 6.58 Å². The summed E-state index contributed by atoms with van der Waals surface area (Å²) in [5, 5.41) is 0. The van der Waals surface area contributed by atoms with Crippen molar-refractivity contribution in [3.8, 4) is 0 Å². The standard InChI is InChI=1S/C3H10O13P4/c1-2-3-13-18(7,8)15-20(11,12)16-19(9,10)14-17(4,5)6/h2H,1,3H2,(H,7,8)(H,9,10)(H,11,12)(H2,4,5,6). The maximum absolute atomic E-state index is 11.1. The molecule has 0 rings (SSSR count). The van der Waals surface area contributed by atoms with Gasteiger partial charge in [-0.3, -0.25) is 4.52 Å². The molecule has 5 N–H and O–H groups in total. The van der Waals surface area contributed by atoms with Crippen molar-refractivity contribution in [2.75, 3.05) is 6.61 Å². The zero-order valence-corrected chi connectivity index (χ0v) is 12.9. The molecule has 13 nitrogen and oxygen atoms in total. The summed E-state index contributed by atoms with van der Waals surface area (Å²) in [6.45, 7) is 2.51. The van der Waals surface area contributed by atoms with Crippen LogP contribution in [-0.2, 0) is 35.7 Å². The van der Waals surface area contributed by atoms with E-state index < -0.39 is 37.9 Å². The van der Waals surface area contributed by atoms with Crippen LogP contribution in [0, 0.1) is 0 Å². The first kappa shape index (κ1) is 20.3. The van der Waals surface area contributed by atoms with Gasteiger partial charge in [0.25, 0.3) is 0 Å². The molecule has 0 aromatic heterocycles.